The Labute approximate surface area is 149 Å². The van der Waals surface area contributed by atoms with Crippen molar-refractivity contribution in [2.45, 2.75) is 19.8 Å². The number of nitrogens with zero attached hydrogens (tertiary/aromatic N) is 4. The molecule has 4 rings (SSSR count). The summed E-state index contributed by atoms with van der Waals surface area (Å²) in [7, 11) is 0. The van der Waals surface area contributed by atoms with Gasteiger partial charge in [-0.1, -0.05) is 13.8 Å². The average molecular weight is 380 g/mol. The van der Waals surface area contributed by atoms with Crippen molar-refractivity contribution in [2.24, 2.45) is 5.41 Å². The van der Waals surface area contributed by atoms with E-state index in [0.29, 0.717) is 0 Å². The third-order valence-corrected chi connectivity index (χ3v) is 4.81. The summed E-state index contributed by atoms with van der Waals surface area (Å²) in [4.78, 5) is 33.0. The number of hydrogen-bond acceptors (Lipinski definition) is 5. The fourth-order valence-corrected chi connectivity index (χ4v) is 3.16. The second-order valence-corrected chi connectivity index (χ2v) is 7.16. The maximum absolute atomic E-state index is 14.3. The quantitative estimate of drug-likeness (QED) is 0.700. The number of aromatic nitrogens is 5. The van der Waals surface area contributed by atoms with Crippen LogP contribution in [-0.4, -0.2) is 43.6 Å². The normalized spacial score (nSPS) is 18.3. The smallest absolute Gasteiger partial charge is 0.325 e. The topological polar surface area (TPSA) is 99.2 Å². The molecule has 0 atom stereocenters. The number of rotatable bonds is 2. The minimum atomic E-state index is -2.96. The number of aromatic amines is 2. The van der Waals surface area contributed by atoms with Crippen LogP contribution >= 0.6 is 0 Å². The van der Waals surface area contributed by atoms with E-state index in [1.807, 2.05) is 0 Å². The van der Waals surface area contributed by atoms with Crippen molar-refractivity contribution in [1.82, 2.24) is 24.6 Å². The fraction of sp³-hybridized carbons (Fsp3) is 0.375. The average Bonchev–Trinajstić information content (AvgIpc) is 3.04. The zero-order valence-electron chi connectivity index (χ0n) is 14.4. The van der Waals surface area contributed by atoms with Crippen LogP contribution in [0.5, 0.6) is 0 Å². The highest BCUT2D eigenvalue weighted by atomic mass is 19.3. The highest BCUT2D eigenvalue weighted by molar-refractivity contribution is 5.74. The van der Waals surface area contributed by atoms with E-state index in [9.17, 15) is 22.8 Å². The van der Waals surface area contributed by atoms with Crippen LogP contribution in [-0.2, 0) is 0 Å². The molecule has 3 aromatic heterocycles. The molecule has 142 valence electrons. The van der Waals surface area contributed by atoms with Gasteiger partial charge in [0.15, 0.2) is 5.65 Å². The molecule has 1 aliphatic rings. The Morgan fingerprint density at radius 3 is 2.59 bits per heavy atom. The zero-order valence-corrected chi connectivity index (χ0v) is 14.4. The highest BCUT2D eigenvalue weighted by Gasteiger charge is 2.54. The Hall–Kier alpha value is -3.11. The molecular weight excluding hydrogens is 365 g/mol. The van der Waals surface area contributed by atoms with E-state index >= 15 is 0 Å². The predicted molar refractivity (Wildman–Crippen MR) is 90.6 cm³/mol. The molecule has 3 aromatic rings. The predicted octanol–water partition coefficient (Wildman–Crippen LogP) is 1.39. The van der Waals surface area contributed by atoms with Crippen LogP contribution in [0.4, 0.5) is 18.9 Å². The SMILES string of the molecule is CC1(C)CN(c2cc(-c3c[nH]c(=O)[nH]c3=O)nn3c(F)cnc23)CC1(F)F. The first-order valence-corrected chi connectivity index (χ1v) is 8.08. The number of nitrogens with one attached hydrogen (secondary N) is 2. The number of alkyl halides is 2. The van der Waals surface area contributed by atoms with Crippen LogP contribution < -0.4 is 16.1 Å². The van der Waals surface area contributed by atoms with E-state index in [2.05, 4.69) is 20.1 Å². The highest BCUT2D eigenvalue weighted by Crippen LogP contribution is 2.45. The summed E-state index contributed by atoms with van der Waals surface area (Å²) in [6, 6.07) is 1.39. The summed E-state index contributed by atoms with van der Waals surface area (Å²) in [5.41, 5.74) is -2.47. The molecule has 0 saturated carbocycles. The molecule has 0 amide bonds. The van der Waals surface area contributed by atoms with E-state index in [-0.39, 0.29) is 29.1 Å². The van der Waals surface area contributed by atoms with Gasteiger partial charge in [-0.3, -0.25) is 9.78 Å². The molecule has 1 fully saturated rings. The Kier molecular flexibility index (Phi) is 3.49. The van der Waals surface area contributed by atoms with Crippen molar-refractivity contribution in [2.75, 3.05) is 18.0 Å². The van der Waals surface area contributed by atoms with Gasteiger partial charge in [0.25, 0.3) is 11.5 Å². The standard InChI is InChI=1S/C16H15F3N6O2/c1-15(2)6-24(7-16(15,18)19)10-3-9(8-4-21-14(27)22-13(8)26)23-25-11(17)5-20-12(10)25/h3-5H,6-7H2,1-2H3,(H2,21,22,26,27). The third-order valence-electron chi connectivity index (χ3n) is 4.81. The van der Waals surface area contributed by atoms with E-state index in [1.54, 1.807) is 0 Å². The number of imidazole rings is 1. The van der Waals surface area contributed by atoms with Crippen LogP contribution in [0, 0.1) is 11.4 Å². The molecule has 11 heteroatoms. The second kappa shape index (κ2) is 5.44. The van der Waals surface area contributed by atoms with E-state index < -0.39 is 35.1 Å². The van der Waals surface area contributed by atoms with E-state index in [0.717, 1.165) is 16.9 Å². The molecule has 0 aliphatic carbocycles. The number of anilines is 1. The first kappa shape index (κ1) is 17.3. The van der Waals surface area contributed by atoms with Crippen molar-refractivity contribution in [3.05, 3.63) is 45.2 Å². The minimum absolute atomic E-state index is 0.00950. The molecule has 2 N–H and O–H groups in total. The lowest BCUT2D eigenvalue weighted by atomic mass is 9.89. The fourth-order valence-electron chi connectivity index (χ4n) is 3.16. The van der Waals surface area contributed by atoms with Gasteiger partial charge in [-0.15, -0.1) is 0 Å². The summed E-state index contributed by atoms with van der Waals surface area (Å²) in [6.07, 6.45) is 2.06. The van der Waals surface area contributed by atoms with Crippen LogP contribution in [0.2, 0.25) is 0 Å². The molecule has 1 aliphatic heterocycles. The lowest BCUT2D eigenvalue weighted by Gasteiger charge is -2.24. The van der Waals surface area contributed by atoms with Crippen molar-refractivity contribution < 1.29 is 13.2 Å². The van der Waals surface area contributed by atoms with Crippen molar-refractivity contribution in [3.63, 3.8) is 0 Å². The Bertz CT molecular complexity index is 1150. The summed E-state index contributed by atoms with van der Waals surface area (Å²) in [6.45, 7) is 2.33. The van der Waals surface area contributed by atoms with Gasteiger partial charge in [-0.05, 0) is 6.07 Å². The number of fused-ring (bicyclic) bond motifs is 1. The monoisotopic (exact) mass is 380 g/mol. The third kappa shape index (κ3) is 2.61. The van der Waals surface area contributed by atoms with Crippen molar-refractivity contribution in [1.29, 1.82) is 0 Å². The number of halogens is 3. The van der Waals surface area contributed by atoms with Gasteiger partial charge in [-0.25, -0.2) is 18.6 Å². The Morgan fingerprint density at radius 1 is 1.22 bits per heavy atom. The first-order chi connectivity index (χ1) is 12.6. The van der Waals surface area contributed by atoms with Gasteiger partial charge < -0.3 is 9.88 Å². The van der Waals surface area contributed by atoms with E-state index in [1.165, 1.54) is 24.8 Å². The minimum Gasteiger partial charge on any atom is -0.362 e. The van der Waals surface area contributed by atoms with E-state index in [4.69, 9.17) is 0 Å². The molecule has 1 saturated heterocycles. The van der Waals surface area contributed by atoms with Gasteiger partial charge in [0.05, 0.1) is 24.0 Å². The van der Waals surface area contributed by atoms with Crippen LogP contribution in [0.3, 0.4) is 0 Å². The largest absolute Gasteiger partial charge is 0.362 e. The van der Waals surface area contributed by atoms with Gasteiger partial charge >= 0.3 is 5.69 Å². The summed E-state index contributed by atoms with van der Waals surface area (Å²) >= 11 is 0. The van der Waals surface area contributed by atoms with Crippen molar-refractivity contribution in [3.8, 4) is 11.3 Å². The first-order valence-electron chi connectivity index (χ1n) is 8.08. The molecule has 0 aromatic carbocycles. The summed E-state index contributed by atoms with van der Waals surface area (Å²) < 4.78 is 43.6. The van der Waals surface area contributed by atoms with Gasteiger partial charge in [0.1, 0.15) is 5.69 Å². The van der Waals surface area contributed by atoms with Crippen LogP contribution in [0.1, 0.15) is 13.8 Å². The Morgan fingerprint density at radius 2 is 1.96 bits per heavy atom. The van der Waals surface area contributed by atoms with Gasteiger partial charge in [0, 0.05) is 18.2 Å². The second-order valence-electron chi connectivity index (χ2n) is 7.16. The van der Waals surface area contributed by atoms with Gasteiger partial charge in [0.2, 0.25) is 5.95 Å². The molecule has 4 heterocycles. The lowest BCUT2D eigenvalue weighted by Crippen LogP contribution is -2.34. The van der Waals surface area contributed by atoms with Crippen LogP contribution in [0.15, 0.2) is 28.0 Å². The maximum Gasteiger partial charge on any atom is 0.325 e. The molecule has 27 heavy (non-hydrogen) atoms. The maximum atomic E-state index is 14.3. The summed E-state index contributed by atoms with van der Waals surface area (Å²) in [5, 5.41) is 4.02. The summed E-state index contributed by atoms with van der Waals surface area (Å²) in [5.74, 6) is -3.77. The van der Waals surface area contributed by atoms with Gasteiger partial charge in [-0.2, -0.15) is 14.0 Å². The van der Waals surface area contributed by atoms with Crippen molar-refractivity contribution >= 4 is 11.3 Å². The van der Waals surface area contributed by atoms with Crippen LogP contribution in [0.25, 0.3) is 16.9 Å². The molecular formula is C16H15F3N6O2. The molecule has 8 nitrogen and oxygen atoms in total. The molecule has 0 bridgehead atoms. The number of H-pyrrole nitrogens is 2. The Balaban J connectivity index is 1.93. The molecule has 0 radical (unpaired) electrons. The molecule has 0 spiro atoms. The zero-order chi connectivity index (χ0) is 19.6. The number of hydrogen-bond donors (Lipinski definition) is 2. The lowest BCUT2D eigenvalue weighted by molar-refractivity contribution is -0.0642. The molecule has 0 unspecified atom stereocenters.